The van der Waals surface area contributed by atoms with E-state index in [1.165, 1.54) is 0 Å². The summed E-state index contributed by atoms with van der Waals surface area (Å²) in [4.78, 5) is 23.6. The molecule has 1 aromatic carbocycles. The van der Waals surface area contributed by atoms with E-state index in [0.717, 1.165) is 0 Å². The highest BCUT2D eigenvalue weighted by Gasteiger charge is 2.37. The minimum absolute atomic E-state index is 0.288. The van der Waals surface area contributed by atoms with Gasteiger partial charge in [-0.1, -0.05) is 26.0 Å². The second-order valence-electron chi connectivity index (χ2n) is 4.72. The number of carboxylic acid groups (broad SMARTS) is 1. The molecule has 0 aliphatic carbocycles. The van der Waals surface area contributed by atoms with Crippen LogP contribution >= 0.6 is 11.6 Å². The average Bonchev–Trinajstić information content (AvgIpc) is 2.51. The van der Waals surface area contributed by atoms with Crippen molar-refractivity contribution in [1.82, 2.24) is 5.32 Å². The number of hydrogen-bond donors (Lipinski definition) is 2. The van der Waals surface area contributed by atoms with Gasteiger partial charge in [-0.15, -0.1) is 11.6 Å². The van der Waals surface area contributed by atoms with E-state index in [0.29, 0.717) is 11.3 Å². The fraction of sp³-hybridized carbons (Fsp3) is 0.467. The Morgan fingerprint density at radius 1 is 1.29 bits per heavy atom. The first-order valence-electron chi connectivity index (χ1n) is 6.73. The van der Waals surface area contributed by atoms with Crippen LogP contribution in [0.2, 0.25) is 0 Å². The Morgan fingerprint density at radius 2 is 1.81 bits per heavy atom. The molecule has 6 heteroatoms. The van der Waals surface area contributed by atoms with Gasteiger partial charge in [-0.2, -0.15) is 0 Å². The molecule has 0 spiro atoms. The Kier molecular flexibility index (Phi) is 6.03. The second-order valence-corrected chi connectivity index (χ2v) is 5.16. The van der Waals surface area contributed by atoms with Gasteiger partial charge < -0.3 is 15.2 Å². The fourth-order valence-electron chi connectivity index (χ4n) is 2.01. The molecule has 0 saturated heterocycles. The summed E-state index contributed by atoms with van der Waals surface area (Å²) in [7, 11) is 1.55. The van der Waals surface area contributed by atoms with E-state index in [1.54, 1.807) is 45.2 Å². The molecule has 0 radical (unpaired) electrons. The molecule has 21 heavy (non-hydrogen) atoms. The van der Waals surface area contributed by atoms with Crippen LogP contribution < -0.4 is 10.1 Å². The van der Waals surface area contributed by atoms with Gasteiger partial charge in [0.15, 0.2) is 0 Å². The van der Waals surface area contributed by atoms with Gasteiger partial charge in [-0.25, -0.2) is 4.79 Å². The molecular weight excluding hydrogens is 294 g/mol. The lowest BCUT2D eigenvalue weighted by Gasteiger charge is -2.29. The summed E-state index contributed by atoms with van der Waals surface area (Å²) in [6.07, 6.45) is 0.577. The molecule has 1 aromatic rings. The highest BCUT2D eigenvalue weighted by molar-refractivity contribution is 6.31. The molecule has 5 nitrogen and oxygen atoms in total. The van der Waals surface area contributed by atoms with Crippen molar-refractivity contribution in [1.29, 1.82) is 0 Å². The van der Waals surface area contributed by atoms with Crippen LogP contribution in [0.15, 0.2) is 24.3 Å². The standard InChI is InChI=1S/C15H20ClNO4/c1-4-15(5-2,14(19)20)17-13(18)12(16)10-6-8-11(21-3)9-7-10/h6-9,12H,4-5H2,1-3H3,(H,17,18)(H,19,20). The van der Waals surface area contributed by atoms with Gasteiger partial charge >= 0.3 is 5.97 Å². The maximum absolute atomic E-state index is 12.2. The van der Waals surface area contributed by atoms with Gasteiger partial charge in [-0.3, -0.25) is 4.79 Å². The van der Waals surface area contributed by atoms with E-state index in [2.05, 4.69) is 5.32 Å². The number of amides is 1. The first-order valence-corrected chi connectivity index (χ1v) is 7.17. The van der Waals surface area contributed by atoms with Crippen LogP contribution in [-0.2, 0) is 9.59 Å². The first-order chi connectivity index (χ1) is 9.90. The van der Waals surface area contributed by atoms with Gasteiger partial charge in [0.1, 0.15) is 16.7 Å². The molecule has 1 amide bonds. The van der Waals surface area contributed by atoms with Gasteiger partial charge in [-0.05, 0) is 30.5 Å². The third-order valence-electron chi connectivity index (χ3n) is 3.62. The van der Waals surface area contributed by atoms with Crippen molar-refractivity contribution in [3.05, 3.63) is 29.8 Å². The quantitative estimate of drug-likeness (QED) is 0.759. The molecule has 0 bridgehead atoms. The van der Waals surface area contributed by atoms with Gasteiger partial charge in [0.05, 0.1) is 7.11 Å². The van der Waals surface area contributed by atoms with Crippen LogP contribution in [0.25, 0.3) is 0 Å². The average molecular weight is 314 g/mol. The normalized spacial score (nSPS) is 12.6. The molecule has 0 aliphatic rings. The lowest BCUT2D eigenvalue weighted by atomic mass is 9.92. The van der Waals surface area contributed by atoms with Crippen LogP contribution in [-0.4, -0.2) is 29.6 Å². The van der Waals surface area contributed by atoms with Crippen LogP contribution in [0.3, 0.4) is 0 Å². The molecule has 0 fully saturated rings. The molecule has 2 N–H and O–H groups in total. The van der Waals surface area contributed by atoms with Crippen LogP contribution in [0.5, 0.6) is 5.75 Å². The van der Waals surface area contributed by atoms with Crippen molar-refractivity contribution in [3.8, 4) is 5.75 Å². The number of benzene rings is 1. The Hall–Kier alpha value is -1.75. The summed E-state index contributed by atoms with van der Waals surface area (Å²) in [5, 5.41) is 10.9. The molecule has 0 aromatic heterocycles. The van der Waals surface area contributed by atoms with Crippen LogP contribution in [0.1, 0.15) is 37.6 Å². The molecule has 1 atom stereocenters. The zero-order valence-corrected chi connectivity index (χ0v) is 13.1. The summed E-state index contributed by atoms with van der Waals surface area (Å²) >= 11 is 6.13. The maximum Gasteiger partial charge on any atom is 0.329 e. The van der Waals surface area contributed by atoms with Crippen molar-refractivity contribution < 1.29 is 19.4 Å². The molecule has 1 unspecified atom stereocenters. The SMILES string of the molecule is CCC(CC)(NC(=O)C(Cl)c1ccc(OC)cc1)C(=O)O. The zero-order valence-electron chi connectivity index (χ0n) is 12.4. The number of aliphatic carboxylic acids is 1. The predicted octanol–water partition coefficient (Wildman–Crippen LogP) is 2.73. The number of hydrogen-bond acceptors (Lipinski definition) is 3. The lowest BCUT2D eigenvalue weighted by molar-refractivity contribution is -0.148. The van der Waals surface area contributed by atoms with Crippen molar-refractivity contribution in [2.75, 3.05) is 7.11 Å². The molecule has 0 saturated carbocycles. The number of rotatable bonds is 7. The number of alkyl halides is 1. The van der Waals surface area contributed by atoms with Gasteiger partial charge in [0.2, 0.25) is 5.91 Å². The number of carbonyl (C=O) groups excluding carboxylic acids is 1. The summed E-state index contributed by atoms with van der Waals surface area (Å²) in [5.41, 5.74) is -0.696. The number of ether oxygens (including phenoxy) is 1. The van der Waals surface area contributed by atoms with E-state index < -0.39 is 22.8 Å². The number of methoxy groups -OCH3 is 1. The van der Waals surface area contributed by atoms with Gasteiger partial charge in [0, 0.05) is 0 Å². The van der Waals surface area contributed by atoms with Crippen molar-refractivity contribution >= 4 is 23.5 Å². The number of nitrogens with one attached hydrogen (secondary N) is 1. The largest absolute Gasteiger partial charge is 0.497 e. The summed E-state index contributed by atoms with van der Waals surface area (Å²) in [5.74, 6) is -0.919. The van der Waals surface area contributed by atoms with Crippen LogP contribution in [0.4, 0.5) is 0 Å². The van der Waals surface area contributed by atoms with Crippen LogP contribution in [0, 0.1) is 0 Å². The minimum Gasteiger partial charge on any atom is -0.497 e. The lowest BCUT2D eigenvalue weighted by Crippen LogP contribution is -2.54. The molecule has 0 aliphatic heterocycles. The van der Waals surface area contributed by atoms with E-state index in [4.69, 9.17) is 16.3 Å². The molecular formula is C15H20ClNO4. The van der Waals surface area contributed by atoms with Crippen molar-refractivity contribution in [2.45, 2.75) is 37.6 Å². The summed E-state index contributed by atoms with van der Waals surface area (Å²) in [6.45, 7) is 3.43. The molecule has 1 rings (SSSR count). The Labute approximate surface area is 129 Å². The van der Waals surface area contributed by atoms with E-state index in [-0.39, 0.29) is 12.8 Å². The Morgan fingerprint density at radius 3 is 2.19 bits per heavy atom. The highest BCUT2D eigenvalue weighted by atomic mass is 35.5. The highest BCUT2D eigenvalue weighted by Crippen LogP contribution is 2.25. The second kappa shape index (κ2) is 7.31. The zero-order chi connectivity index (χ0) is 16.0. The number of halogens is 1. The fourth-order valence-corrected chi connectivity index (χ4v) is 2.21. The molecule has 116 valence electrons. The summed E-state index contributed by atoms with van der Waals surface area (Å²) < 4.78 is 5.03. The van der Waals surface area contributed by atoms with E-state index in [9.17, 15) is 14.7 Å². The maximum atomic E-state index is 12.2. The summed E-state index contributed by atoms with van der Waals surface area (Å²) in [6, 6.07) is 6.75. The van der Waals surface area contributed by atoms with Crippen molar-refractivity contribution in [3.63, 3.8) is 0 Å². The number of carboxylic acids is 1. The monoisotopic (exact) mass is 313 g/mol. The third kappa shape index (κ3) is 3.88. The Bertz CT molecular complexity index is 497. The molecule has 0 heterocycles. The minimum atomic E-state index is -1.28. The number of carbonyl (C=O) groups is 2. The van der Waals surface area contributed by atoms with Crippen molar-refractivity contribution in [2.24, 2.45) is 0 Å². The predicted molar refractivity (Wildman–Crippen MR) is 80.7 cm³/mol. The third-order valence-corrected chi connectivity index (χ3v) is 4.07. The topological polar surface area (TPSA) is 75.6 Å². The first kappa shape index (κ1) is 17.3. The van der Waals surface area contributed by atoms with E-state index in [1.807, 2.05) is 0 Å². The van der Waals surface area contributed by atoms with E-state index >= 15 is 0 Å². The van der Waals surface area contributed by atoms with Gasteiger partial charge in [0.25, 0.3) is 0 Å². The smallest absolute Gasteiger partial charge is 0.329 e. The Balaban J connectivity index is 2.88.